The second-order valence-electron chi connectivity index (χ2n) is 6.62. The van der Waals surface area contributed by atoms with Crippen molar-refractivity contribution in [2.45, 2.75) is 13.0 Å². The molecule has 6 heteroatoms. The highest BCUT2D eigenvalue weighted by atomic mass is 16.5. The first-order valence-electron chi connectivity index (χ1n) is 9.94. The van der Waals surface area contributed by atoms with E-state index in [1.165, 1.54) is 0 Å². The van der Waals surface area contributed by atoms with Gasteiger partial charge in [-0.15, -0.1) is 0 Å². The van der Waals surface area contributed by atoms with Crippen molar-refractivity contribution in [1.82, 2.24) is 5.32 Å². The number of ketones is 1. The predicted octanol–water partition coefficient (Wildman–Crippen LogP) is 3.98. The molecule has 3 rings (SSSR count). The van der Waals surface area contributed by atoms with Crippen LogP contribution in [0.2, 0.25) is 0 Å². The first-order chi connectivity index (χ1) is 15.1. The van der Waals surface area contributed by atoms with Crippen molar-refractivity contribution in [1.29, 1.82) is 0 Å². The van der Waals surface area contributed by atoms with Crippen molar-refractivity contribution in [3.63, 3.8) is 0 Å². The second kappa shape index (κ2) is 10.7. The van der Waals surface area contributed by atoms with Crippen LogP contribution in [0.4, 0.5) is 0 Å². The largest absolute Gasteiger partial charge is 0.493 e. The summed E-state index contributed by atoms with van der Waals surface area (Å²) >= 11 is 0. The molecule has 0 saturated heterocycles. The lowest BCUT2D eigenvalue weighted by atomic mass is 10.00. The number of Topliss-reactive ketones (excluding diaryl/α,β-unsaturated/α-hetero) is 1. The van der Waals surface area contributed by atoms with E-state index in [1.54, 1.807) is 78.9 Å². The van der Waals surface area contributed by atoms with Crippen molar-refractivity contribution < 1.29 is 23.9 Å². The van der Waals surface area contributed by atoms with Crippen molar-refractivity contribution in [2.75, 3.05) is 13.2 Å². The number of para-hydroxylation sites is 1. The van der Waals surface area contributed by atoms with E-state index in [0.29, 0.717) is 29.0 Å². The van der Waals surface area contributed by atoms with Gasteiger partial charge in [0.25, 0.3) is 5.91 Å². The fraction of sp³-hybridized carbons (Fsp3) is 0.160. The molecular weight excluding hydrogens is 394 g/mol. The van der Waals surface area contributed by atoms with Gasteiger partial charge >= 0.3 is 5.97 Å². The molecule has 1 N–H and O–H groups in total. The number of nitrogens with one attached hydrogen (secondary N) is 1. The van der Waals surface area contributed by atoms with E-state index in [-0.39, 0.29) is 12.3 Å². The number of benzene rings is 3. The van der Waals surface area contributed by atoms with E-state index in [1.807, 2.05) is 13.0 Å². The zero-order chi connectivity index (χ0) is 22.1. The second-order valence-corrected chi connectivity index (χ2v) is 6.62. The molecule has 0 heterocycles. The maximum Gasteiger partial charge on any atom is 0.326 e. The highest BCUT2D eigenvalue weighted by Crippen LogP contribution is 2.23. The number of esters is 1. The number of hydrogen-bond acceptors (Lipinski definition) is 5. The average Bonchev–Trinajstić information content (AvgIpc) is 2.82. The molecule has 158 valence electrons. The standard InChI is InChI=1S/C25H23NO5/c1-2-30-21-16-10-9-15-20(21)25(29)26-17-22(27)31-24(19-13-7-4-8-14-19)23(28)18-11-5-3-6-12-18/h3-16,24H,2,17H2,1H3,(H,26,29)/t24-/m0/s1. The summed E-state index contributed by atoms with van der Waals surface area (Å²) in [7, 11) is 0. The Morgan fingerprint density at radius 2 is 1.45 bits per heavy atom. The highest BCUT2D eigenvalue weighted by Gasteiger charge is 2.26. The van der Waals surface area contributed by atoms with Crippen LogP contribution in [0.15, 0.2) is 84.9 Å². The Balaban J connectivity index is 1.70. The topological polar surface area (TPSA) is 81.7 Å². The lowest BCUT2D eigenvalue weighted by Gasteiger charge is -2.18. The van der Waals surface area contributed by atoms with Gasteiger partial charge in [-0.05, 0) is 19.1 Å². The zero-order valence-electron chi connectivity index (χ0n) is 17.1. The van der Waals surface area contributed by atoms with Crippen molar-refractivity contribution >= 4 is 17.7 Å². The summed E-state index contributed by atoms with van der Waals surface area (Å²) in [4.78, 5) is 38.0. The summed E-state index contributed by atoms with van der Waals surface area (Å²) < 4.78 is 10.9. The third-order valence-electron chi connectivity index (χ3n) is 4.47. The van der Waals surface area contributed by atoms with Crippen molar-refractivity contribution in [3.05, 3.63) is 102 Å². The molecule has 3 aromatic carbocycles. The van der Waals surface area contributed by atoms with Gasteiger partial charge in [0, 0.05) is 11.1 Å². The van der Waals surface area contributed by atoms with Crippen LogP contribution >= 0.6 is 0 Å². The quantitative estimate of drug-likeness (QED) is 0.421. The van der Waals surface area contributed by atoms with Crippen LogP contribution in [0.3, 0.4) is 0 Å². The fourth-order valence-corrected chi connectivity index (χ4v) is 3.01. The van der Waals surface area contributed by atoms with Crippen LogP contribution in [0.1, 0.15) is 39.3 Å². The summed E-state index contributed by atoms with van der Waals surface area (Å²) in [5.41, 5.74) is 1.30. The Bertz CT molecular complexity index is 1030. The van der Waals surface area contributed by atoms with Gasteiger partial charge in [-0.25, -0.2) is 0 Å². The van der Waals surface area contributed by atoms with Crippen LogP contribution in [0, 0.1) is 0 Å². The Morgan fingerprint density at radius 1 is 0.839 bits per heavy atom. The van der Waals surface area contributed by atoms with Crippen molar-refractivity contribution in [2.24, 2.45) is 0 Å². The minimum Gasteiger partial charge on any atom is -0.493 e. The predicted molar refractivity (Wildman–Crippen MR) is 116 cm³/mol. The summed E-state index contributed by atoms with van der Waals surface area (Å²) in [6, 6.07) is 24.2. The Morgan fingerprint density at radius 3 is 2.13 bits per heavy atom. The van der Waals surface area contributed by atoms with E-state index in [0.717, 1.165) is 0 Å². The Hall–Kier alpha value is -3.93. The van der Waals surface area contributed by atoms with Gasteiger partial charge in [0.1, 0.15) is 12.3 Å². The monoisotopic (exact) mass is 417 g/mol. The smallest absolute Gasteiger partial charge is 0.326 e. The maximum absolute atomic E-state index is 13.0. The van der Waals surface area contributed by atoms with E-state index in [4.69, 9.17) is 9.47 Å². The third-order valence-corrected chi connectivity index (χ3v) is 4.47. The Labute approximate surface area is 180 Å². The van der Waals surface area contributed by atoms with Crippen LogP contribution in [-0.4, -0.2) is 30.8 Å². The molecule has 0 bridgehead atoms. The molecule has 6 nitrogen and oxygen atoms in total. The molecule has 0 aliphatic carbocycles. The van der Waals surface area contributed by atoms with Crippen LogP contribution in [0.25, 0.3) is 0 Å². The van der Waals surface area contributed by atoms with Gasteiger partial charge in [-0.3, -0.25) is 14.4 Å². The van der Waals surface area contributed by atoms with Gasteiger partial charge in [0.05, 0.1) is 12.2 Å². The molecule has 0 aromatic heterocycles. The average molecular weight is 417 g/mol. The zero-order valence-corrected chi connectivity index (χ0v) is 17.1. The molecule has 0 saturated carbocycles. The SMILES string of the molecule is CCOc1ccccc1C(=O)NCC(=O)O[C@H](C(=O)c1ccccc1)c1ccccc1. The van der Waals surface area contributed by atoms with Crippen molar-refractivity contribution in [3.8, 4) is 5.75 Å². The van der Waals surface area contributed by atoms with Gasteiger partial charge in [0.2, 0.25) is 5.78 Å². The number of ether oxygens (including phenoxy) is 2. The lowest BCUT2D eigenvalue weighted by molar-refractivity contribution is -0.146. The minimum atomic E-state index is -1.11. The fourth-order valence-electron chi connectivity index (χ4n) is 3.01. The summed E-state index contributed by atoms with van der Waals surface area (Å²) in [5, 5.41) is 2.53. The van der Waals surface area contributed by atoms with E-state index in [2.05, 4.69) is 5.32 Å². The molecule has 0 unspecified atom stereocenters. The van der Waals surface area contributed by atoms with Gasteiger partial charge in [0.15, 0.2) is 6.10 Å². The molecule has 0 fully saturated rings. The maximum atomic E-state index is 13.0. The molecule has 0 spiro atoms. The summed E-state index contributed by atoms with van der Waals surface area (Å²) in [5.74, 6) is -1.10. The number of carbonyl (C=O) groups excluding carboxylic acids is 3. The summed E-state index contributed by atoms with van der Waals surface area (Å²) in [6.45, 7) is 1.84. The number of rotatable bonds is 9. The highest BCUT2D eigenvalue weighted by molar-refractivity contribution is 6.01. The number of amides is 1. The van der Waals surface area contributed by atoms with E-state index < -0.39 is 18.0 Å². The Kier molecular flexibility index (Phi) is 7.54. The summed E-state index contributed by atoms with van der Waals surface area (Å²) in [6.07, 6.45) is -1.11. The first kappa shape index (κ1) is 21.8. The van der Waals surface area contributed by atoms with Gasteiger partial charge < -0.3 is 14.8 Å². The minimum absolute atomic E-state index is 0.317. The van der Waals surface area contributed by atoms with Crippen LogP contribution in [0.5, 0.6) is 5.75 Å². The molecule has 0 aliphatic heterocycles. The normalized spacial score (nSPS) is 11.3. The molecule has 31 heavy (non-hydrogen) atoms. The van der Waals surface area contributed by atoms with Crippen LogP contribution in [-0.2, 0) is 9.53 Å². The molecule has 1 amide bonds. The van der Waals surface area contributed by atoms with E-state index in [9.17, 15) is 14.4 Å². The van der Waals surface area contributed by atoms with Crippen LogP contribution < -0.4 is 10.1 Å². The number of carbonyl (C=O) groups is 3. The third kappa shape index (κ3) is 5.79. The molecule has 0 radical (unpaired) electrons. The molecule has 0 aliphatic rings. The first-order valence-corrected chi connectivity index (χ1v) is 9.94. The van der Waals surface area contributed by atoms with Gasteiger partial charge in [-0.1, -0.05) is 72.8 Å². The molecule has 3 aromatic rings. The molecule has 1 atom stereocenters. The number of hydrogen-bond donors (Lipinski definition) is 1. The van der Waals surface area contributed by atoms with Gasteiger partial charge in [-0.2, -0.15) is 0 Å². The molecular formula is C25H23NO5. The lowest BCUT2D eigenvalue weighted by Crippen LogP contribution is -2.32. The van der Waals surface area contributed by atoms with E-state index >= 15 is 0 Å².